The van der Waals surface area contributed by atoms with Gasteiger partial charge in [-0.25, -0.2) is 5.84 Å². The third-order valence-electron chi connectivity index (χ3n) is 1.19. The number of anilines is 1. The number of hydrazine groups is 1. The summed E-state index contributed by atoms with van der Waals surface area (Å²) in [6, 6.07) is 0. The van der Waals surface area contributed by atoms with E-state index in [1.165, 1.54) is 17.0 Å². The molecule has 3 N–H and O–H groups in total. The Balaban J connectivity index is 2.67. The first-order chi connectivity index (χ1) is 5.40. The summed E-state index contributed by atoms with van der Waals surface area (Å²) in [7, 11) is 0. The third kappa shape index (κ3) is 0.867. The lowest BCUT2D eigenvalue weighted by molar-refractivity contribution is 0.898. The molecule has 0 aliphatic rings. The van der Waals surface area contributed by atoms with Gasteiger partial charge in [-0.15, -0.1) is 10.2 Å². The smallest absolute Gasteiger partial charge is 0.273 e. The van der Waals surface area contributed by atoms with Gasteiger partial charge in [0.15, 0.2) is 5.82 Å². The van der Waals surface area contributed by atoms with Crippen LogP contribution in [-0.4, -0.2) is 24.8 Å². The molecular formula is C4H5N7. The fraction of sp³-hybridized carbons (Fsp3) is 0. The number of aromatic nitrogens is 5. The van der Waals surface area contributed by atoms with Crippen molar-refractivity contribution in [2.24, 2.45) is 5.84 Å². The molecule has 0 amide bonds. The maximum atomic E-state index is 5.10. The van der Waals surface area contributed by atoms with Crippen molar-refractivity contribution in [3.63, 3.8) is 0 Å². The zero-order valence-electron chi connectivity index (χ0n) is 5.47. The summed E-state index contributed by atoms with van der Waals surface area (Å²) in [5.41, 5.74) is 2.35. The summed E-state index contributed by atoms with van der Waals surface area (Å²) in [5, 5.41) is 11.2. The summed E-state index contributed by atoms with van der Waals surface area (Å²) >= 11 is 0. The summed E-state index contributed by atoms with van der Waals surface area (Å²) in [4.78, 5) is 3.94. The molecule has 0 atom stereocenters. The molecule has 0 spiro atoms. The van der Waals surface area contributed by atoms with E-state index in [9.17, 15) is 0 Å². The first-order valence-corrected chi connectivity index (χ1v) is 2.90. The molecule has 2 aromatic heterocycles. The van der Waals surface area contributed by atoms with Crippen molar-refractivity contribution in [3.05, 3.63) is 12.5 Å². The Morgan fingerprint density at radius 1 is 1.55 bits per heavy atom. The van der Waals surface area contributed by atoms with Gasteiger partial charge in [0, 0.05) is 0 Å². The van der Waals surface area contributed by atoms with Crippen molar-refractivity contribution in [2.75, 3.05) is 5.43 Å². The predicted molar refractivity (Wildman–Crippen MR) is 36.4 cm³/mol. The fourth-order valence-electron chi connectivity index (χ4n) is 0.702. The SMILES string of the molecule is NNc1cnn2cnnc2n1. The van der Waals surface area contributed by atoms with Gasteiger partial charge in [-0.2, -0.15) is 14.6 Å². The summed E-state index contributed by atoms with van der Waals surface area (Å²) in [5.74, 6) is 5.98. The number of nitrogens with two attached hydrogens (primary N) is 1. The van der Waals surface area contributed by atoms with Crippen LogP contribution in [-0.2, 0) is 0 Å². The highest BCUT2D eigenvalue weighted by molar-refractivity contribution is 5.36. The first kappa shape index (κ1) is 5.98. The summed E-state index contributed by atoms with van der Waals surface area (Å²) in [6.45, 7) is 0. The topological polar surface area (TPSA) is 94.0 Å². The highest BCUT2D eigenvalue weighted by atomic mass is 15.4. The van der Waals surface area contributed by atoms with Crippen LogP contribution in [0, 0.1) is 0 Å². The fourth-order valence-corrected chi connectivity index (χ4v) is 0.702. The van der Waals surface area contributed by atoms with E-state index in [2.05, 4.69) is 25.7 Å². The van der Waals surface area contributed by atoms with Gasteiger partial charge in [0.2, 0.25) is 0 Å². The lowest BCUT2D eigenvalue weighted by Gasteiger charge is -1.95. The molecule has 7 nitrogen and oxygen atoms in total. The molecule has 2 heterocycles. The van der Waals surface area contributed by atoms with Gasteiger partial charge in [0.1, 0.15) is 6.33 Å². The predicted octanol–water partition coefficient (Wildman–Crippen LogP) is -1.20. The quantitative estimate of drug-likeness (QED) is 0.393. The number of hydrogen-bond acceptors (Lipinski definition) is 6. The maximum absolute atomic E-state index is 5.10. The molecule has 0 radical (unpaired) electrons. The highest BCUT2D eigenvalue weighted by Gasteiger charge is 1.97. The van der Waals surface area contributed by atoms with Gasteiger partial charge in [-0.05, 0) is 0 Å². The molecule has 0 fully saturated rings. The van der Waals surface area contributed by atoms with Crippen LogP contribution in [0.3, 0.4) is 0 Å². The van der Waals surface area contributed by atoms with Gasteiger partial charge in [0.05, 0.1) is 6.20 Å². The molecule has 56 valence electrons. The Bertz CT molecular complexity index is 365. The third-order valence-corrected chi connectivity index (χ3v) is 1.19. The largest absolute Gasteiger partial charge is 0.307 e. The van der Waals surface area contributed by atoms with Crippen molar-refractivity contribution < 1.29 is 0 Å². The molecule has 0 aromatic carbocycles. The second-order valence-corrected chi connectivity index (χ2v) is 1.86. The highest BCUT2D eigenvalue weighted by Crippen LogP contribution is 1.97. The molecule has 7 heteroatoms. The van der Waals surface area contributed by atoms with Gasteiger partial charge in [0.25, 0.3) is 5.78 Å². The number of fused-ring (bicyclic) bond motifs is 1. The van der Waals surface area contributed by atoms with E-state index in [0.717, 1.165) is 0 Å². The molecule has 0 saturated heterocycles. The van der Waals surface area contributed by atoms with Crippen LogP contribution >= 0.6 is 0 Å². The minimum absolute atomic E-state index is 0.417. The molecule has 0 saturated carbocycles. The first-order valence-electron chi connectivity index (χ1n) is 2.90. The van der Waals surface area contributed by atoms with Crippen molar-refractivity contribution in [1.29, 1.82) is 0 Å². The normalized spacial score (nSPS) is 10.3. The zero-order chi connectivity index (χ0) is 7.68. The molecule has 0 bridgehead atoms. The molecular weight excluding hydrogens is 146 g/mol. The van der Waals surface area contributed by atoms with E-state index < -0.39 is 0 Å². The Labute approximate surface area is 61.2 Å². The average Bonchev–Trinajstić information content (AvgIpc) is 2.50. The molecule has 2 rings (SSSR count). The van der Waals surface area contributed by atoms with Crippen molar-refractivity contribution in [1.82, 2.24) is 24.8 Å². The molecule has 11 heavy (non-hydrogen) atoms. The van der Waals surface area contributed by atoms with Gasteiger partial charge < -0.3 is 5.43 Å². The van der Waals surface area contributed by atoms with E-state index >= 15 is 0 Å². The van der Waals surface area contributed by atoms with Crippen LogP contribution in [0.4, 0.5) is 5.82 Å². The summed E-state index contributed by atoms with van der Waals surface area (Å²) < 4.78 is 1.45. The monoisotopic (exact) mass is 151 g/mol. The Morgan fingerprint density at radius 3 is 3.27 bits per heavy atom. The van der Waals surface area contributed by atoms with E-state index in [1.54, 1.807) is 0 Å². The van der Waals surface area contributed by atoms with Crippen LogP contribution in [0.25, 0.3) is 5.78 Å². The Kier molecular flexibility index (Phi) is 1.16. The molecule has 0 aliphatic carbocycles. The maximum Gasteiger partial charge on any atom is 0.273 e. The number of nitrogens with zero attached hydrogens (tertiary/aromatic N) is 5. The van der Waals surface area contributed by atoms with E-state index in [-0.39, 0.29) is 0 Å². The standard InChI is InChI=1S/C4H5N7/c5-9-3-1-7-11-2-6-10-4(11)8-3/h1-2H,5H2,(H,8,9,10). The number of nitrogens with one attached hydrogen (secondary N) is 1. The summed E-state index contributed by atoms with van der Waals surface area (Å²) in [6.07, 6.45) is 2.94. The van der Waals surface area contributed by atoms with Crippen LogP contribution in [0.1, 0.15) is 0 Å². The average molecular weight is 151 g/mol. The van der Waals surface area contributed by atoms with Crippen LogP contribution in [0.2, 0.25) is 0 Å². The van der Waals surface area contributed by atoms with E-state index in [1.807, 2.05) is 0 Å². The number of nitrogen functional groups attached to an aromatic ring is 1. The second-order valence-electron chi connectivity index (χ2n) is 1.86. The van der Waals surface area contributed by atoms with Crippen molar-refractivity contribution >= 4 is 11.6 Å². The zero-order valence-corrected chi connectivity index (χ0v) is 5.47. The molecule has 0 aliphatic heterocycles. The van der Waals surface area contributed by atoms with Crippen LogP contribution in [0.15, 0.2) is 12.5 Å². The van der Waals surface area contributed by atoms with E-state index in [4.69, 9.17) is 5.84 Å². The minimum atomic E-state index is 0.417. The molecule has 2 aromatic rings. The number of rotatable bonds is 1. The van der Waals surface area contributed by atoms with Crippen LogP contribution < -0.4 is 11.3 Å². The van der Waals surface area contributed by atoms with E-state index in [0.29, 0.717) is 11.6 Å². The van der Waals surface area contributed by atoms with Gasteiger partial charge >= 0.3 is 0 Å². The van der Waals surface area contributed by atoms with Crippen LogP contribution in [0.5, 0.6) is 0 Å². The van der Waals surface area contributed by atoms with Crippen molar-refractivity contribution in [2.45, 2.75) is 0 Å². The van der Waals surface area contributed by atoms with Gasteiger partial charge in [-0.3, -0.25) is 0 Å². The lowest BCUT2D eigenvalue weighted by Crippen LogP contribution is -2.10. The Morgan fingerprint density at radius 2 is 2.45 bits per heavy atom. The number of hydrogen-bond donors (Lipinski definition) is 2. The minimum Gasteiger partial charge on any atom is -0.307 e. The van der Waals surface area contributed by atoms with Gasteiger partial charge in [-0.1, -0.05) is 0 Å². The molecule has 0 unspecified atom stereocenters. The van der Waals surface area contributed by atoms with Crippen molar-refractivity contribution in [3.8, 4) is 0 Å². The lowest BCUT2D eigenvalue weighted by atomic mass is 10.7. The Hall–Kier alpha value is -1.76. The second kappa shape index (κ2) is 2.13.